The summed E-state index contributed by atoms with van der Waals surface area (Å²) in [4.78, 5) is 12.1. The summed E-state index contributed by atoms with van der Waals surface area (Å²) >= 11 is 4.30. The number of rotatable bonds is 3. The summed E-state index contributed by atoms with van der Waals surface area (Å²) in [6, 6.07) is 5.30. The van der Waals surface area contributed by atoms with Gasteiger partial charge in [0.1, 0.15) is 0 Å². The lowest BCUT2D eigenvalue weighted by atomic mass is 10.0. The van der Waals surface area contributed by atoms with E-state index in [4.69, 9.17) is 10.00 Å². The maximum atomic E-state index is 11.6. The van der Waals surface area contributed by atoms with E-state index < -0.39 is 5.97 Å². The molecule has 0 atom stereocenters. The van der Waals surface area contributed by atoms with Crippen LogP contribution in [0.3, 0.4) is 0 Å². The van der Waals surface area contributed by atoms with Crippen LogP contribution in [-0.4, -0.2) is 12.6 Å². The highest BCUT2D eigenvalue weighted by molar-refractivity contribution is 7.80. The normalized spacial score (nSPS) is 9.62. The van der Waals surface area contributed by atoms with E-state index in [2.05, 4.69) is 18.7 Å². The molecule has 0 N–H and O–H groups in total. The van der Waals surface area contributed by atoms with E-state index in [-0.39, 0.29) is 0 Å². The lowest BCUT2D eigenvalue weighted by Crippen LogP contribution is -2.07. The second-order valence-electron chi connectivity index (χ2n) is 3.17. The van der Waals surface area contributed by atoms with E-state index in [1.807, 2.05) is 6.92 Å². The first kappa shape index (κ1) is 12.6. The van der Waals surface area contributed by atoms with Crippen LogP contribution in [0, 0.1) is 11.3 Å². The van der Waals surface area contributed by atoms with Gasteiger partial charge in [0.25, 0.3) is 0 Å². The van der Waals surface area contributed by atoms with Crippen LogP contribution in [0.5, 0.6) is 0 Å². The molecule has 3 nitrogen and oxygen atoms in total. The van der Waals surface area contributed by atoms with Gasteiger partial charge < -0.3 is 4.74 Å². The average molecular weight is 235 g/mol. The molecule has 0 saturated carbocycles. The van der Waals surface area contributed by atoms with Crippen molar-refractivity contribution >= 4 is 18.6 Å². The average Bonchev–Trinajstić information content (AvgIpc) is 2.28. The Morgan fingerprint density at radius 3 is 2.69 bits per heavy atom. The van der Waals surface area contributed by atoms with Gasteiger partial charge in [-0.2, -0.15) is 5.26 Å². The van der Waals surface area contributed by atoms with Crippen LogP contribution in [0.4, 0.5) is 0 Å². The molecule has 0 radical (unpaired) electrons. The number of nitrogens with zero attached hydrogens (tertiary/aromatic N) is 1. The van der Waals surface area contributed by atoms with E-state index >= 15 is 0 Å². The van der Waals surface area contributed by atoms with Crippen molar-refractivity contribution in [1.29, 1.82) is 5.26 Å². The predicted molar refractivity (Wildman–Crippen MR) is 63.7 cm³/mol. The van der Waals surface area contributed by atoms with Crippen molar-refractivity contribution in [2.24, 2.45) is 0 Å². The van der Waals surface area contributed by atoms with Crippen molar-refractivity contribution in [2.45, 2.75) is 25.2 Å². The molecule has 0 aromatic heterocycles. The number of hydrogen-bond donors (Lipinski definition) is 1. The Balaban J connectivity index is 3.25. The lowest BCUT2D eigenvalue weighted by molar-refractivity contribution is 0.0522. The van der Waals surface area contributed by atoms with Crippen LogP contribution in [-0.2, 0) is 11.2 Å². The van der Waals surface area contributed by atoms with Crippen LogP contribution < -0.4 is 0 Å². The molecule has 1 rings (SSSR count). The van der Waals surface area contributed by atoms with Crippen molar-refractivity contribution in [2.75, 3.05) is 6.61 Å². The molecule has 0 aliphatic heterocycles. The number of hydrogen-bond acceptors (Lipinski definition) is 4. The quantitative estimate of drug-likeness (QED) is 0.647. The molecule has 0 unspecified atom stereocenters. The van der Waals surface area contributed by atoms with Crippen molar-refractivity contribution in [1.82, 2.24) is 0 Å². The molecule has 0 saturated heterocycles. The Morgan fingerprint density at radius 1 is 1.50 bits per heavy atom. The first-order chi connectivity index (χ1) is 7.65. The van der Waals surface area contributed by atoms with Gasteiger partial charge in [-0.1, -0.05) is 6.92 Å². The van der Waals surface area contributed by atoms with Gasteiger partial charge in [0.05, 0.1) is 23.8 Å². The molecule has 16 heavy (non-hydrogen) atoms. The molecule has 84 valence electrons. The highest BCUT2D eigenvalue weighted by Gasteiger charge is 2.15. The number of carbonyl (C=O) groups is 1. The lowest BCUT2D eigenvalue weighted by Gasteiger charge is -2.09. The third-order valence-electron chi connectivity index (χ3n) is 2.25. The summed E-state index contributed by atoms with van der Waals surface area (Å²) < 4.78 is 4.91. The fourth-order valence-electron chi connectivity index (χ4n) is 1.47. The van der Waals surface area contributed by atoms with E-state index in [1.165, 1.54) is 0 Å². The second kappa shape index (κ2) is 5.57. The maximum absolute atomic E-state index is 11.6. The molecular weight excluding hydrogens is 222 g/mol. The molecule has 1 aromatic rings. The zero-order chi connectivity index (χ0) is 12.1. The van der Waals surface area contributed by atoms with Crippen LogP contribution in [0.25, 0.3) is 0 Å². The zero-order valence-corrected chi connectivity index (χ0v) is 10.2. The standard InChI is InChI=1S/C12H13NO2S/c1-3-9-8(7-13)5-6-10(11(9)16)12(14)15-4-2/h5-6,16H,3-4H2,1-2H3. The molecule has 0 aliphatic rings. The molecule has 4 heteroatoms. The van der Waals surface area contributed by atoms with Gasteiger partial charge in [0.2, 0.25) is 0 Å². The second-order valence-corrected chi connectivity index (χ2v) is 3.62. The number of nitriles is 1. The Morgan fingerprint density at radius 2 is 2.19 bits per heavy atom. The SMILES string of the molecule is CCOC(=O)c1ccc(C#N)c(CC)c1S. The van der Waals surface area contributed by atoms with Gasteiger partial charge in [0, 0.05) is 4.90 Å². The third-order valence-corrected chi connectivity index (χ3v) is 2.76. The molecule has 0 bridgehead atoms. The molecule has 0 aliphatic carbocycles. The van der Waals surface area contributed by atoms with Gasteiger partial charge in [-0.15, -0.1) is 12.6 Å². The number of carbonyl (C=O) groups excluding carboxylic acids is 1. The highest BCUT2D eigenvalue weighted by Crippen LogP contribution is 2.24. The summed E-state index contributed by atoms with van der Waals surface area (Å²) in [5, 5.41) is 8.91. The van der Waals surface area contributed by atoms with Crippen LogP contribution in [0.1, 0.15) is 35.3 Å². The minimum Gasteiger partial charge on any atom is -0.462 e. The molecule has 0 spiro atoms. The van der Waals surface area contributed by atoms with Crippen LogP contribution >= 0.6 is 12.6 Å². The maximum Gasteiger partial charge on any atom is 0.339 e. The molecule has 1 aromatic carbocycles. The van der Waals surface area contributed by atoms with Crippen molar-refractivity contribution < 1.29 is 9.53 Å². The first-order valence-electron chi connectivity index (χ1n) is 5.07. The molecule has 0 amide bonds. The fourth-order valence-corrected chi connectivity index (χ4v) is 1.92. The Hall–Kier alpha value is -1.47. The van der Waals surface area contributed by atoms with Gasteiger partial charge in [-0.05, 0) is 31.0 Å². The largest absolute Gasteiger partial charge is 0.462 e. The van der Waals surface area contributed by atoms with Crippen molar-refractivity contribution in [3.63, 3.8) is 0 Å². The zero-order valence-electron chi connectivity index (χ0n) is 9.28. The first-order valence-corrected chi connectivity index (χ1v) is 5.52. The fraction of sp³-hybridized carbons (Fsp3) is 0.333. The van der Waals surface area contributed by atoms with Gasteiger partial charge in [-0.3, -0.25) is 0 Å². The number of esters is 1. The topological polar surface area (TPSA) is 50.1 Å². The van der Waals surface area contributed by atoms with Crippen molar-refractivity contribution in [3.8, 4) is 6.07 Å². The number of ether oxygens (including phenoxy) is 1. The third kappa shape index (κ3) is 2.37. The van der Waals surface area contributed by atoms with E-state index in [0.29, 0.717) is 29.1 Å². The predicted octanol–water partition coefficient (Wildman–Crippen LogP) is 2.59. The monoisotopic (exact) mass is 235 g/mol. The van der Waals surface area contributed by atoms with Gasteiger partial charge in [0.15, 0.2) is 0 Å². The Bertz CT molecular complexity index is 449. The van der Waals surface area contributed by atoms with Gasteiger partial charge in [-0.25, -0.2) is 4.79 Å². The minimum atomic E-state index is -0.397. The number of benzene rings is 1. The van der Waals surface area contributed by atoms with Crippen molar-refractivity contribution in [3.05, 3.63) is 28.8 Å². The summed E-state index contributed by atoms with van der Waals surface area (Å²) in [5.41, 5.74) is 1.76. The number of thiol groups is 1. The van der Waals surface area contributed by atoms with E-state index in [1.54, 1.807) is 19.1 Å². The summed E-state index contributed by atoms with van der Waals surface area (Å²) in [6.45, 7) is 4.00. The molecular formula is C12H13NO2S. The van der Waals surface area contributed by atoms with Crippen LogP contribution in [0.15, 0.2) is 17.0 Å². The van der Waals surface area contributed by atoms with Crippen LogP contribution in [0.2, 0.25) is 0 Å². The summed E-state index contributed by atoms with van der Waals surface area (Å²) in [5.74, 6) is -0.397. The Labute approximate surface area is 100 Å². The minimum absolute atomic E-state index is 0.327. The van der Waals surface area contributed by atoms with E-state index in [9.17, 15) is 4.79 Å². The van der Waals surface area contributed by atoms with Gasteiger partial charge >= 0.3 is 5.97 Å². The smallest absolute Gasteiger partial charge is 0.339 e. The summed E-state index contributed by atoms with van der Waals surface area (Å²) in [7, 11) is 0. The van der Waals surface area contributed by atoms with E-state index in [0.717, 1.165) is 5.56 Å². The summed E-state index contributed by atoms with van der Waals surface area (Å²) in [6.07, 6.45) is 0.662. The molecule has 0 fully saturated rings. The highest BCUT2D eigenvalue weighted by atomic mass is 32.1. The Kier molecular flexibility index (Phi) is 4.39. The molecule has 0 heterocycles.